The van der Waals surface area contributed by atoms with Crippen molar-refractivity contribution in [1.82, 2.24) is 0 Å². The van der Waals surface area contributed by atoms with Gasteiger partial charge in [-0.25, -0.2) is 0 Å². The summed E-state index contributed by atoms with van der Waals surface area (Å²) in [4.78, 5) is 0. The first kappa shape index (κ1) is 14.4. The first-order chi connectivity index (χ1) is 10.1. The highest BCUT2D eigenvalue weighted by Gasteiger charge is 2.04. The Morgan fingerprint density at radius 1 is 0.905 bits per heavy atom. The summed E-state index contributed by atoms with van der Waals surface area (Å²) in [6, 6.07) is 18.1. The number of hydrogen-bond donors (Lipinski definition) is 1. The molecule has 0 spiro atoms. The van der Waals surface area contributed by atoms with Crippen LogP contribution < -0.4 is 10.5 Å². The van der Waals surface area contributed by atoms with Crippen LogP contribution in [0.3, 0.4) is 0 Å². The van der Waals surface area contributed by atoms with E-state index in [2.05, 4.69) is 50.1 Å². The summed E-state index contributed by atoms with van der Waals surface area (Å²) in [5.41, 5.74) is 7.63. The highest BCUT2D eigenvalue weighted by Crippen LogP contribution is 2.27. The molecule has 3 aromatic carbocycles. The lowest BCUT2D eigenvalue weighted by Crippen LogP contribution is -1.98. The standard InChI is InChI=1S/C17H13Br2NO/c18-14-6-4-12-9-15(7-5-11(12)8-14)21-10-13-2-1-3-16(20)17(13)19/h1-9H,10,20H2. The van der Waals surface area contributed by atoms with Gasteiger partial charge in [-0.05, 0) is 57.0 Å². The van der Waals surface area contributed by atoms with E-state index in [0.717, 1.165) is 31.3 Å². The van der Waals surface area contributed by atoms with E-state index in [0.29, 0.717) is 6.61 Å². The van der Waals surface area contributed by atoms with Gasteiger partial charge in [0.2, 0.25) is 0 Å². The minimum Gasteiger partial charge on any atom is -0.489 e. The first-order valence-corrected chi connectivity index (χ1v) is 8.07. The Hall–Kier alpha value is -1.52. The maximum absolute atomic E-state index is 5.87. The van der Waals surface area contributed by atoms with E-state index in [1.54, 1.807) is 0 Å². The Balaban J connectivity index is 1.82. The van der Waals surface area contributed by atoms with Crippen molar-refractivity contribution < 1.29 is 4.74 Å². The zero-order valence-electron chi connectivity index (χ0n) is 11.1. The minimum atomic E-state index is 0.480. The molecule has 0 saturated carbocycles. The molecule has 0 bridgehead atoms. The molecule has 0 aliphatic carbocycles. The van der Waals surface area contributed by atoms with Gasteiger partial charge in [-0.3, -0.25) is 0 Å². The van der Waals surface area contributed by atoms with Crippen LogP contribution in [0.15, 0.2) is 63.5 Å². The van der Waals surface area contributed by atoms with Gasteiger partial charge in [-0.15, -0.1) is 0 Å². The quantitative estimate of drug-likeness (QED) is 0.580. The fourth-order valence-corrected chi connectivity index (χ4v) is 2.91. The SMILES string of the molecule is Nc1cccc(COc2ccc3cc(Br)ccc3c2)c1Br. The average molecular weight is 407 g/mol. The second kappa shape index (κ2) is 6.08. The van der Waals surface area contributed by atoms with E-state index in [1.165, 1.54) is 5.39 Å². The number of halogens is 2. The van der Waals surface area contributed by atoms with E-state index >= 15 is 0 Å². The third-order valence-corrected chi connectivity index (χ3v) is 4.74. The lowest BCUT2D eigenvalue weighted by atomic mass is 10.1. The Morgan fingerprint density at radius 3 is 2.52 bits per heavy atom. The number of nitrogen functional groups attached to an aromatic ring is 1. The Bertz CT molecular complexity index is 802. The molecule has 0 radical (unpaired) electrons. The molecule has 0 aliphatic heterocycles. The van der Waals surface area contributed by atoms with E-state index in [-0.39, 0.29) is 0 Å². The molecule has 106 valence electrons. The topological polar surface area (TPSA) is 35.2 Å². The number of fused-ring (bicyclic) bond motifs is 1. The molecule has 0 heterocycles. The lowest BCUT2D eigenvalue weighted by Gasteiger charge is -2.10. The molecule has 3 aromatic rings. The van der Waals surface area contributed by atoms with Crippen molar-refractivity contribution in [2.75, 3.05) is 5.73 Å². The summed E-state index contributed by atoms with van der Waals surface area (Å²) in [6.07, 6.45) is 0. The zero-order chi connectivity index (χ0) is 14.8. The smallest absolute Gasteiger partial charge is 0.120 e. The lowest BCUT2D eigenvalue weighted by molar-refractivity contribution is 0.306. The van der Waals surface area contributed by atoms with E-state index in [1.807, 2.05) is 36.4 Å². The first-order valence-electron chi connectivity index (χ1n) is 6.48. The molecule has 3 rings (SSSR count). The number of ether oxygens (including phenoxy) is 1. The van der Waals surface area contributed by atoms with Gasteiger partial charge in [0.25, 0.3) is 0 Å². The second-order valence-corrected chi connectivity index (χ2v) is 6.47. The Labute approximate surface area is 140 Å². The van der Waals surface area contributed by atoms with Crippen molar-refractivity contribution in [3.05, 3.63) is 69.1 Å². The molecule has 2 N–H and O–H groups in total. The summed E-state index contributed by atoms with van der Waals surface area (Å²) in [7, 11) is 0. The van der Waals surface area contributed by atoms with E-state index in [4.69, 9.17) is 10.5 Å². The fourth-order valence-electron chi connectivity index (χ4n) is 2.16. The molecule has 0 saturated heterocycles. The molecule has 2 nitrogen and oxygen atoms in total. The van der Waals surface area contributed by atoms with Gasteiger partial charge in [0.05, 0.1) is 0 Å². The van der Waals surface area contributed by atoms with Crippen LogP contribution in [-0.4, -0.2) is 0 Å². The third kappa shape index (κ3) is 3.22. The molecule has 0 amide bonds. The molecule has 0 aliphatic rings. The molecular weight excluding hydrogens is 394 g/mol. The van der Waals surface area contributed by atoms with Crippen LogP contribution in [0.25, 0.3) is 10.8 Å². The van der Waals surface area contributed by atoms with Gasteiger partial charge in [-0.1, -0.05) is 40.2 Å². The summed E-state index contributed by atoms with van der Waals surface area (Å²) < 4.78 is 7.84. The molecule has 0 atom stereocenters. The van der Waals surface area contributed by atoms with E-state index in [9.17, 15) is 0 Å². The van der Waals surface area contributed by atoms with Gasteiger partial charge in [0.15, 0.2) is 0 Å². The van der Waals surface area contributed by atoms with E-state index < -0.39 is 0 Å². The van der Waals surface area contributed by atoms with Gasteiger partial charge < -0.3 is 10.5 Å². The van der Waals surface area contributed by atoms with Crippen molar-refractivity contribution in [2.24, 2.45) is 0 Å². The predicted octanol–water partition coefficient (Wildman–Crippen LogP) is 5.53. The Kier molecular flexibility index (Phi) is 4.17. The van der Waals surface area contributed by atoms with Gasteiger partial charge in [0.1, 0.15) is 12.4 Å². The highest BCUT2D eigenvalue weighted by atomic mass is 79.9. The summed E-state index contributed by atoms with van der Waals surface area (Å²) in [5, 5.41) is 2.34. The van der Waals surface area contributed by atoms with Crippen molar-refractivity contribution in [1.29, 1.82) is 0 Å². The van der Waals surface area contributed by atoms with Crippen molar-refractivity contribution in [3.63, 3.8) is 0 Å². The molecule has 0 aromatic heterocycles. The van der Waals surface area contributed by atoms with Crippen LogP contribution in [0.4, 0.5) is 5.69 Å². The number of nitrogens with two attached hydrogens (primary N) is 1. The summed E-state index contributed by atoms with van der Waals surface area (Å²) >= 11 is 6.97. The summed E-state index contributed by atoms with van der Waals surface area (Å²) in [6.45, 7) is 0.480. The van der Waals surface area contributed by atoms with Gasteiger partial charge in [0, 0.05) is 20.2 Å². The van der Waals surface area contributed by atoms with Crippen LogP contribution in [0, 0.1) is 0 Å². The molecule has 21 heavy (non-hydrogen) atoms. The number of anilines is 1. The van der Waals surface area contributed by atoms with Crippen LogP contribution in [0.1, 0.15) is 5.56 Å². The third-order valence-electron chi connectivity index (χ3n) is 3.28. The summed E-state index contributed by atoms with van der Waals surface area (Å²) in [5.74, 6) is 0.846. The average Bonchev–Trinajstić information content (AvgIpc) is 2.49. The molecular formula is C17H13Br2NO. The maximum Gasteiger partial charge on any atom is 0.120 e. The number of rotatable bonds is 3. The normalized spacial score (nSPS) is 10.8. The fraction of sp³-hybridized carbons (Fsp3) is 0.0588. The predicted molar refractivity (Wildman–Crippen MR) is 94.5 cm³/mol. The van der Waals surface area contributed by atoms with Gasteiger partial charge >= 0.3 is 0 Å². The van der Waals surface area contributed by atoms with Crippen molar-refractivity contribution >= 4 is 48.3 Å². The monoisotopic (exact) mass is 405 g/mol. The molecule has 0 unspecified atom stereocenters. The largest absolute Gasteiger partial charge is 0.489 e. The Morgan fingerprint density at radius 2 is 1.67 bits per heavy atom. The van der Waals surface area contributed by atoms with Crippen LogP contribution in [-0.2, 0) is 6.61 Å². The molecule has 0 fully saturated rings. The van der Waals surface area contributed by atoms with Crippen molar-refractivity contribution in [2.45, 2.75) is 6.61 Å². The van der Waals surface area contributed by atoms with Crippen LogP contribution in [0.5, 0.6) is 5.75 Å². The number of benzene rings is 3. The van der Waals surface area contributed by atoms with Crippen LogP contribution in [0.2, 0.25) is 0 Å². The highest BCUT2D eigenvalue weighted by molar-refractivity contribution is 9.11. The molecule has 4 heteroatoms. The van der Waals surface area contributed by atoms with Crippen molar-refractivity contribution in [3.8, 4) is 5.75 Å². The van der Waals surface area contributed by atoms with Crippen LogP contribution >= 0.6 is 31.9 Å². The maximum atomic E-state index is 5.87. The zero-order valence-corrected chi connectivity index (χ0v) is 14.3. The minimum absolute atomic E-state index is 0.480. The second-order valence-electron chi connectivity index (χ2n) is 4.76. The number of hydrogen-bond acceptors (Lipinski definition) is 2. The van der Waals surface area contributed by atoms with Gasteiger partial charge in [-0.2, -0.15) is 0 Å².